The number of nitrogens with zero attached hydrogens (tertiary/aromatic N) is 2. The van der Waals surface area contributed by atoms with Crippen molar-refractivity contribution in [2.75, 3.05) is 6.61 Å². The fourth-order valence-corrected chi connectivity index (χ4v) is 5.50. The fraction of sp³-hybridized carbons (Fsp3) is 0.500. The summed E-state index contributed by atoms with van der Waals surface area (Å²) in [6, 6.07) is 8.34. The number of hydrogen-bond acceptors (Lipinski definition) is 2. The zero-order chi connectivity index (χ0) is 22.1. The highest BCUT2D eigenvalue weighted by Gasteiger charge is 2.24. The molecule has 0 bridgehead atoms. The standard InChI is InChI=1S/C26H29ClF2N2O/c27-19-10-11-20(23(14-19)32-16-18-8-4-5-9-18)26-30-25-22(13-12-21(28)24(25)29)31(26)15-17-6-2-1-3-7-17/h10-14,17-18H,1-9,15-16H2. The molecule has 2 saturated carbocycles. The van der Waals surface area contributed by atoms with Gasteiger partial charge in [-0.3, -0.25) is 0 Å². The van der Waals surface area contributed by atoms with Crippen LogP contribution in [0.2, 0.25) is 5.02 Å². The number of ether oxygens (including phenoxy) is 1. The molecule has 3 nitrogen and oxygen atoms in total. The minimum absolute atomic E-state index is 0.0764. The van der Waals surface area contributed by atoms with E-state index in [1.165, 1.54) is 51.0 Å². The molecule has 2 aliphatic carbocycles. The molecule has 0 spiro atoms. The van der Waals surface area contributed by atoms with Crippen molar-refractivity contribution in [2.45, 2.75) is 64.3 Å². The van der Waals surface area contributed by atoms with E-state index in [-0.39, 0.29) is 5.52 Å². The Balaban J connectivity index is 1.58. The molecule has 0 N–H and O–H groups in total. The predicted molar refractivity (Wildman–Crippen MR) is 124 cm³/mol. The van der Waals surface area contributed by atoms with E-state index in [4.69, 9.17) is 16.3 Å². The lowest BCUT2D eigenvalue weighted by Gasteiger charge is -2.23. The molecule has 1 heterocycles. The Kier molecular flexibility index (Phi) is 6.36. The van der Waals surface area contributed by atoms with Crippen molar-refractivity contribution in [1.29, 1.82) is 0 Å². The predicted octanol–water partition coefficient (Wildman–Crippen LogP) is 7.78. The SMILES string of the molecule is Fc1ccc2c(nc(-c3ccc(Cl)cc3OCC3CCCC3)n2CC2CCCCC2)c1F. The molecule has 2 aliphatic rings. The van der Waals surface area contributed by atoms with Gasteiger partial charge in [0, 0.05) is 11.6 Å². The second kappa shape index (κ2) is 9.38. The first-order chi connectivity index (χ1) is 15.6. The second-order valence-electron chi connectivity index (χ2n) is 9.38. The maximum absolute atomic E-state index is 14.7. The van der Waals surface area contributed by atoms with E-state index in [2.05, 4.69) is 9.55 Å². The first-order valence-corrected chi connectivity index (χ1v) is 12.2. The van der Waals surface area contributed by atoms with Gasteiger partial charge in [-0.25, -0.2) is 13.8 Å². The summed E-state index contributed by atoms with van der Waals surface area (Å²) in [5.41, 5.74) is 1.48. The highest BCUT2D eigenvalue weighted by molar-refractivity contribution is 6.30. The maximum Gasteiger partial charge on any atom is 0.186 e. The molecule has 0 unspecified atom stereocenters. The summed E-state index contributed by atoms with van der Waals surface area (Å²) in [6.45, 7) is 1.38. The van der Waals surface area contributed by atoms with Crippen LogP contribution in [0.3, 0.4) is 0 Å². The summed E-state index contributed by atoms with van der Waals surface area (Å²) in [6.07, 6.45) is 10.9. The second-order valence-corrected chi connectivity index (χ2v) is 9.82. The van der Waals surface area contributed by atoms with E-state index < -0.39 is 11.6 Å². The number of halogens is 3. The third-order valence-corrected chi connectivity index (χ3v) is 7.35. The number of benzene rings is 2. The molecular weight excluding hydrogens is 430 g/mol. The van der Waals surface area contributed by atoms with Crippen molar-refractivity contribution in [3.05, 3.63) is 47.0 Å². The van der Waals surface area contributed by atoms with E-state index >= 15 is 0 Å². The molecule has 0 atom stereocenters. The van der Waals surface area contributed by atoms with Crippen LogP contribution in [0.4, 0.5) is 8.78 Å². The molecule has 2 fully saturated rings. The van der Waals surface area contributed by atoms with Crippen LogP contribution in [-0.4, -0.2) is 16.2 Å². The summed E-state index contributed by atoms with van der Waals surface area (Å²) in [5.74, 6) is 0.560. The smallest absolute Gasteiger partial charge is 0.186 e. The highest BCUT2D eigenvalue weighted by atomic mass is 35.5. The van der Waals surface area contributed by atoms with Gasteiger partial charge in [-0.2, -0.15) is 0 Å². The average molecular weight is 459 g/mol. The molecular formula is C26H29ClF2N2O. The van der Waals surface area contributed by atoms with Gasteiger partial charge >= 0.3 is 0 Å². The highest BCUT2D eigenvalue weighted by Crippen LogP contribution is 2.37. The monoisotopic (exact) mass is 458 g/mol. The van der Waals surface area contributed by atoms with Crippen molar-refractivity contribution >= 4 is 22.6 Å². The van der Waals surface area contributed by atoms with Gasteiger partial charge in [0.2, 0.25) is 0 Å². The molecule has 3 aromatic rings. The molecule has 0 aliphatic heterocycles. The third-order valence-electron chi connectivity index (χ3n) is 7.11. The van der Waals surface area contributed by atoms with Gasteiger partial charge in [-0.05, 0) is 67.9 Å². The summed E-state index contributed by atoms with van der Waals surface area (Å²) in [4.78, 5) is 4.60. The lowest BCUT2D eigenvalue weighted by Crippen LogP contribution is -2.15. The van der Waals surface area contributed by atoms with Gasteiger partial charge in [0.05, 0.1) is 17.7 Å². The number of imidazole rings is 1. The Bertz CT molecular complexity index is 1100. The van der Waals surface area contributed by atoms with Crippen LogP contribution >= 0.6 is 11.6 Å². The Morgan fingerprint density at radius 3 is 2.44 bits per heavy atom. The Morgan fingerprint density at radius 2 is 1.66 bits per heavy atom. The average Bonchev–Trinajstić information content (AvgIpc) is 3.44. The van der Waals surface area contributed by atoms with Crippen LogP contribution in [0.5, 0.6) is 5.75 Å². The minimum Gasteiger partial charge on any atom is -0.492 e. The van der Waals surface area contributed by atoms with Crippen LogP contribution in [0, 0.1) is 23.5 Å². The lowest BCUT2D eigenvalue weighted by molar-refractivity contribution is 0.253. The number of rotatable bonds is 6. The van der Waals surface area contributed by atoms with Crippen molar-refractivity contribution in [3.63, 3.8) is 0 Å². The largest absolute Gasteiger partial charge is 0.492 e. The zero-order valence-electron chi connectivity index (χ0n) is 18.3. The van der Waals surface area contributed by atoms with Crippen molar-refractivity contribution in [2.24, 2.45) is 11.8 Å². The van der Waals surface area contributed by atoms with Crippen molar-refractivity contribution in [3.8, 4) is 17.1 Å². The Labute approximate surface area is 192 Å². The van der Waals surface area contributed by atoms with Crippen molar-refractivity contribution in [1.82, 2.24) is 9.55 Å². The maximum atomic E-state index is 14.7. The third kappa shape index (κ3) is 4.36. The molecule has 1 aromatic heterocycles. The van der Waals surface area contributed by atoms with Gasteiger partial charge in [-0.1, -0.05) is 43.7 Å². The van der Waals surface area contributed by atoms with Gasteiger partial charge in [0.15, 0.2) is 11.6 Å². The normalized spacial score (nSPS) is 18.0. The first-order valence-electron chi connectivity index (χ1n) is 11.9. The molecule has 0 saturated heterocycles. The van der Waals surface area contributed by atoms with Crippen LogP contribution in [0.1, 0.15) is 57.8 Å². The van der Waals surface area contributed by atoms with Crippen molar-refractivity contribution < 1.29 is 13.5 Å². The van der Waals surface area contributed by atoms with Crippen LogP contribution in [0.25, 0.3) is 22.4 Å². The van der Waals surface area contributed by atoms with Gasteiger partial charge in [-0.15, -0.1) is 0 Å². The molecule has 32 heavy (non-hydrogen) atoms. The molecule has 170 valence electrons. The van der Waals surface area contributed by atoms with E-state index in [1.807, 2.05) is 12.1 Å². The van der Waals surface area contributed by atoms with Crippen LogP contribution < -0.4 is 4.74 Å². The van der Waals surface area contributed by atoms with Crippen LogP contribution in [-0.2, 0) is 6.54 Å². The summed E-state index contributed by atoms with van der Waals surface area (Å²) in [5, 5.41) is 0.585. The fourth-order valence-electron chi connectivity index (χ4n) is 5.34. The van der Waals surface area contributed by atoms with E-state index in [9.17, 15) is 8.78 Å². The summed E-state index contributed by atoms with van der Waals surface area (Å²) in [7, 11) is 0. The Morgan fingerprint density at radius 1 is 0.938 bits per heavy atom. The molecule has 5 rings (SSSR count). The topological polar surface area (TPSA) is 27.1 Å². The molecule has 6 heteroatoms. The quantitative estimate of drug-likeness (QED) is 0.377. The number of fused-ring (bicyclic) bond motifs is 1. The zero-order valence-corrected chi connectivity index (χ0v) is 19.0. The number of aromatic nitrogens is 2. The van der Waals surface area contributed by atoms with E-state index in [0.717, 1.165) is 24.9 Å². The molecule has 0 radical (unpaired) electrons. The van der Waals surface area contributed by atoms with Gasteiger partial charge in [0.1, 0.15) is 17.1 Å². The van der Waals surface area contributed by atoms with Gasteiger partial charge < -0.3 is 9.30 Å². The Hall–Kier alpha value is -2.14. The van der Waals surface area contributed by atoms with Gasteiger partial charge in [0.25, 0.3) is 0 Å². The first kappa shape index (κ1) is 21.7. The number of hydrogen-bond donors (Lipinski definition) is 0. The lowest BCUT2D eigenvalue weighted by atomic mass is 9.89. The van der Waals surface area contributed by atoms with Crippen LogP contribution in [0.15, 0.2) is 30.3 Å². The summed E-state index contributed by atoms with van der Waals surface area (Å²) < 4.78 is 37.0. The van der Waals surface area contributed by atoms with E-state index in [1.54, 1.807) is 12.1 Å². The molecule has 0 amide bonds. The minimum atomic E-state index is -0.895. The summed E-state index contributed by atoms with van der Waals surface area (Å²) >= 11 is 6.30. The van der Waals surface area contributed by atoms with E-state index in [0.29, 0.717) is 40.6 Å². The molecule has 2 aromatic carbocycles.